The first-order valence-corrected chi connectivity index (χ1v) is 6.42. The van der Waals surface area contributed by atoms with E-state index in [4.69, 9.17) is 0 Å². The minimum absolute atomic E-state index is 0.225. The van der Waals surface area contributed by atoms with Crippen molar-refractivity contribution in [3.05, 3.63) is 46.5 Å². The Labute approximate surface area is 134 Å². The van der Waals surface area contributed by atoms with Crippen LogP contribution >= 0.6 is 0 Å². The van der Waals surface area contributed by atoms with Crippen molar-refractivity contribution in [2.45, 2.75) is 0 Å². The molecule has 2 aromatic carbocycles. The highest BCUT2D eigenvalue weighted by molar-refractivity contribution is 6.22. The summed E-state index contributed by atoms with van der Waals surface area (Å²) in [6.07, 6.45) is 0. The van der Waals surface area contributed by atoms with Gasteiger partial charge in [-0.1, -0.05) is 0 Å². The lowest BCUT2D eigenvalue weighted by atomic mass is 9.91. The molecule has 0 radical (unpaired) electrons. The van der Waals surface area contributed by atoms with Crippen LogP contribution in [-0.4, -0.2) is 46.2 Å². The third kappa shape index (κ3) is 2.75. The number of hydrogen-bond acceptors (Lipinski definition) is 5. The molecule has 0 saturated heterocycles. The Bertz CT molecular complexity index is 866. The summed E-state index contributed by atoms with van der Waals surface area (Å²) >= 11 is 0. The van der Waals surface area contributed by atoms with Gasteiger partial charge in [0, 0.05) is 10.8 Å². The first kappa shape index (κ1) is 16.9. The Morgan fingerprint density at radius 3 is 1.42 bits per heavy atom. The number of carboxylic acid groups (broad SMARTS) is 3. The molecule has 0 spiro atoms. The standard InChI is InChI=1S/C15H11NO8/c1-24-16-12(17)6-2-3-8(14(20)21)11-9(15(22)23)5-4-7(10(6)11)13(18)19/h2-5H,1H3,(H,16,17)(H,18,19)(H,20,21)(H,22,23). The van der Waals surface area contributed by atoms with Gasteiger partial charge < -0.3 is 15.3 Å². The summed E-state index contributed by atoms with van der Waals surface area (Å²) < 4.78 is 0. The van der Waals surface area contributed by atoms with Crippen LogP contribution in [0.3, 0.4) is 0 Å². The molecule has 0 aliphatic rings. The second-order valence-electron chi connectivity index (χ2n) is 4.62. The molecule has 0 aliphatic carbocycles. The molecule has 9 heteroatoms. The van der Waals surface area contributed by atoms with Crippen LogP contribution in [0, 0.1) is 0 Å². The zero-order chi connectivity index (χ0) is 18.0. The van der Waals surface area contributed by atoms with Crippen molar-refractivity contribution < 1.29 is 39.3 Å². The zero-order valence-corrected chi connectivity index (χ0v) is 12.2. The molecule has 0 bridgehead atoms. The van der Waals surface area contributed by atoms with Crippen LogP contribution in [-0.2, 0) is 4.84 Å². The number of benzene rings is 2. The first-order valence-electron chi connectivity index (χ1n) is 6.42. The second kappa shape index (κ2) is 6.34. The number of carbonyl (C=O) groups is 4. The summed E-state index contributed by atoms with van der Waals surface area (Å²) in [4.78, 5) is 50.8. The van der Waals surface area contributed by atoms with Crippen molar-refractivity contribution >= 4 is 34.6 Å². The Hall–Kier alpha value is -3.46. The second-order valence-corrected chi connectivity index (χ2v) is 4.62. The van der Waals surface area contributed by atoms with Gasteiger partial charge in [-0.25, -0.2) is 19.9 Å². The van der Waals surface area contributed by atoms with Gasteiger partial charge in [-0.2, -0.15) is 0 Å². The van der Waals surface area contributed by atoms with Gasteiger partial charge in [0.25, 0.3) is 5.91 Å². The van der Waals surface area contributed by atoms with E-state index in [1.807, 2.05) is 5.48 Å². The van der Waals surface area contributed by atoms with E-state index in [9.17, 15) is 34.5 Å². The monoisotopic (exact) mass is 333 g/mol. The molecule has 0 aliphatic heterocycles. The molecule has 2 aromatic rings. The number of fused-ring (bicyclic) bond motifs is 1. The molecular weight excluding hydrogens is 322 g/mol. The predicted molar refractivity (Wildman–Crippen MR) is 79.3 cm³/mol. The lowest BCUT2D eigenvalue weighted by Crippen LogP contribution is -2.23. The third-order valence-corrected chi connectivity index (χ3v) is 3.29. The highest BCUT2D eigenvalue weighted by Crippen LogP contribution is 2.30. The maximum atomic E-state index is 12.1. The van der Waals surface area contributed by atoms with Crippen LogP contribution < -0.4 is 5.48 Å². The van der Waals surface area contributed by atoms with E-state index in [-0.39, 0.29) is 16.3 Å². The van der Waals surface area contributed by atoms with Crippen LogP contribution in [0.2, 0.25) is 0 Å². The molecule has 124 valence electrons. The average Bonchev–Trinajstić information content (AvgIpc) is 2.52. The molecule has 1 amide bonds. The number of carbonyl (C=O) groups excluding carboxylic acids is 1. The number of hydroxylamine groups is 1. The van der Waals surface area contributed by atoms with E-state index in [1.165, 1.54) is 0 Å². The van der Waals surface area contributed by atoms with Crippen LogP contribution in [0.15, 0.2) is 24.3 Å². The first-order chi connectivity index (χ1) is 11.3. The minimum atomic E-state index is -1.45. The molecule has 0 unspecified atom stereocenters. The van der Waals surface area contributed by atoms with Gasteiger partial charge >= 0.3 is 17.9 Å². The molecule has 0 atom stereocenters. The average molecular weight is 333 g/mol. The van der Waals surface area contributed by atoms with Crippen LogP contribution in [0.1, 0.15) is 41.4 Å². The van der Waals surface area contributed by atoms with Crippen LogP contribution in [0.5, 0.6) is 0 Å². The fourth-order valence-corrected chi connectivity index (χ4v) is 2.37. The lowest BCUT2D eigenvalue weighted by Gasteiger charge is -2.13. The van der Waals surface area contributed by atoms with E-state index in [1.54, 1.807) is 0 Å². The highest BCUT2D eigenvalue weighted by Gasteiger charge is 2.25. The van der Waals surface area contributed by atoms with Crippen LogP contribution in [0.4, 0.5) is 0 Å². The number of hydrogen-bond donors (Lipinski definition) is 4. The van der Waals surface area contributed by atoms with Gasteiger partial charge in [0.15, 0.2) is 0 Å². The van der Waals surface area contributed by atoms with E-state index in [2.05, 4.69) is 4.84 Å². The predicted octanol–water partition coefficient (Wildman–Crippen LogP) is 1.23. The topological polar surface area (TPSA) is 150 Å². The number of amides is 1. The van der Waals surface area contributed by atoms with Crippen molar-refractivity contribution in [3.8, 4) is 0 Å². The van der Waals surface area contributed by atoms with E-state index < -0.39 is 40.5 Å². The van der Waals surface area contributed by atoms with Gasteiger partial charge in [-0.3, -0.25) is 9.63 Å². The lowest BCUT2D eigenvalue weighted by molar-refractivity contribution is 0.0538. The van der Waals surface area contributed by atoms with Crippen LogP contribution in [0.25, 0.3) is 10.8 Å². The number of carboxylic acids is 3. The zero-order valence-electron chi connectivity index (χ0n) is 12.2. The van der Waals surface area contributed by atoms with E-state index in [0.29, 0.717) is 0 Å². The quantitative estimate of drug-likeness (QED) is 0.596. The Morgan fingerprint density at radius 2 is 1.08 bits per heavy atom. The molecule has 9 nitrogen and oxygen atoms in total. The SMILES string of the molecule is CONC(=O)c1ccc(C(=O)O)c2c(C(=O)O)ccc(C(=O)O)c12. The number of rotatable bonds is 5. The molecule has 0 saturated carbocycles. The highest BCUT2D eigenvalue weighted by atomic mass is 16.6. The van der Waals surface area contributed by atoms with Crippen molar-refractivity contribution in [1.29, 1.82) is 0 Å². The van der Waals surface area contributed by atoms with Gasteiger partial charge in [0.05, 0.1) is 29.4 Å². The summed E-state index contributed by atoms with van der Waals surface area (Å²) in [5.41, 5.74) is 0.501. The molecular formula is C15H11NO8. The van der Waals surface area contributed by atoms with Crippen molar-refractivity contribution in [2.24, 2.45) is 0 Å². The third-order valence-electron chi connectivity index (χ3n) is 3.29. The Kier molecular flexibility index (Phi) is 4.47. The number of aromatic carboxylic acids is 3. The minimum Gasteiger partial charge on any atom is -0.478 e. The fourth-order valence-electron chi connectivity index (χ4n) is 2.37. The molecule has 4 N–H and O–H groups in total. The molecule has 2 rings (SSSR count). The summed E-state index contributed by atoms with van der Waals surface area (Å²) in [5, 5.41) is 27.2. The van der Waals surface area contributed by atoms with Gasteiger partial charge in [-0.15, -0.1) is 0 Å². The number of nitrogens with one attached hydrogen (secondary N) is 1. The Morgan fingerprint density at radius 1 is 0.750 bits per heavy atom. The largest absolute Gasteiger partial charge is 0.478 e. The Balaban J connectivity index is 3.06. The van der Waals surface area contributed by atoms with Crippen molar-refractivity contribution in [1.82, 2.24) is 5.48 Å². The molecule has 0 aromatic heterocycles. The molecule has 0 heterocycles. The van der Waals surface area contributed by atoms with E-state index >= 15 is 0 Å². The smallest absolute Gasteiger partial charge is 0.336 e. The summed E-state index contributed by atoms with van der Waals surface area (Å²) in [5.74, 6) is -5.19. The normalized spacial score (nSPS) is 10.4. The molecule has 24 heavy (non-hydrogen) atoms. The van der Waals surface area contributed by atoms with Crippen molar-refractivity contribution in [3.63, 3.8) is 0 Å². The van der Waals surface area contributed by atoms with Gasteiger partial charge in [0.1, 0.15) is 0 Å². The maximum absolute atomic E-state index is 12.1. The summed E-state index contributed by atoms with van der Waals surface area (Å²) in [7, 11) is 1.16. The molecule has 0 fully saturated rings. The summed E-state index contributed by atoms with van der Waals surface area (Å²) in [6.45, 7) is 0. The van der Waals surface area contributed by atoms with Gasteiger partial charge in [-0.05, 0) is 24.3 Å². The van der Waals surface area contributed by atoms with Gasteiger partial charge in [0.2, 0.25) is 0 Å². The summed E-state index contributed by atoms with van der Waals surface area (Å²) in [6, 6.07) is 4.12. The van der Waals surface area contributed by atoms with E-state index in [0.717, 1.165) is 31.4 Å². The fraction of sp³-hybridized carbons (Fsp3) is 0.0667. The van der Waals surface area contributed by atoms with Crippen molar-refractivity contribution in [2.75, 3.05) is 7.11 Å². The maximum Gasteiger partial charge on any atom is 0.336 e.